The van der Waals surface area contributed by atoms with E-state index in [4.69, 9.17) is 5.73 Å². The predicted octanol–water partition coefficient (Wildman–Crippen LogP) is 2.38. The standard InChI is InChI=1S/C17H27N3O/c1-2-20(16-6-4-3-5-15(16)13-18)17(21)8-7-14-9-11-19-12-10-14/h9-12,15-16H,2-8,13,18H2,1H3. The second-order valence-electron chi connectivity index (χ2n) is 5.88. The number of hydrogen-bond acceptors (Lipinski definition) is 3. The van der Waals surface area contributed by atoms with E-state index in [2.05, 4.69) is 16.8 Å². The van der Waals surface area contributed by atoms with E-state index in [0.717, 1.165) is 25.8 Å². The van der Waals surface area contributed by atoms with Gasteiger partial charge in [0, 0.05) is 31.4 Å². The SMILES string of the molecule is CCN(C(=O)CCc1ccncc1)C1CCCCC1CN. The number of nitrogens with zero attached hydrogens (tertiary/aromatic N) is 2. The van der Waals surface area contributed by atoms with Gasteiger partial charge < -0.3 is 10.6 Å². The van der Waals surface area contributed by atoms with E-state index < -0.39 is 0 Å². The molecule has 0 bridgehead atoms. The molecule has 2 atom stereocenters. The van der Waals surface area contributed by atoms with Crippen LogP contribution in [0.3, 0.4) is 0 Å². The Morgan fingerprint density at radius 1 is 1.33 bits per heavy atom. The van der Waals surface area contributed by atoms with E-state index in [1.54, 1.807) is 12.4 Å². The van der Waals surface area contributed by atoms with Crippen LogP contribution in [0.25, 0.3) is 0 Å². The van der Waals surface area contributed by atoms with Gasteiger partial charge in [0.05, 0.1) is 0 Å². The second-order valence-corrected chi connectivity index (χ2v) is 5.88. The molecule has 1 aromatic rings. The van der Waals surface area contributed by atoms with Gasteiger partial charge in [-0.25, -0.2) is 0 Å². The van der Waals surface area contributed by atoms with Gasteiger partial charge in [-0.1, -0.05) is 12.8 Å². The minimum atomic E-state index is 0.264. The molecule has 0 aromatic carbocycles. The lowest BCUT2D eigenvalue weighted by Crippen LogP contribution is -2.48. The minimum Gasteiger partial charge on any atom is -0.340 e. The molecule has 116 valence electrons. The zero-order chi connectivity index (χ0) is 15.1. The smallest absolute Gasteiger partial charge is 0.223 e. The van der Waals surface area contributed by atoms with Crippen LogP contribution in [0.1, 0.15) is 44.6 Å². The molecule has 1 heterocycles. The highest BCUT2D eigenvalue weighted by molar-refractivity contribution is 5.76. The molecule has 1 aromatic heterocycles. The molecule has 1 amide bonds. The molecule has 1 aliphatic carbocycles. The number of hydrogen-bond donors (Lipinski definition) is 1. The fourth-order valence-corrected chi connectivity index (χ4v) is 3.41. The molecule has 2 N–H and O–H groups in total. The number of aromatic nitrogens is 1. The predicted molar refractivity (Wildman–Crippen MR) is 84.7 cm³/mol. The van der Waals surface area contributed by atoms with Crippen molar-refractivity contribution in [3.05, 3.63) is 30.1 Å². The van der Waals surface area contributed by atoms with Gasteiger partial charge in [0.25, 0.3) is 0 Å². The number of amides is 1. The summed E-state index contributed by atoms with van der Waals surface area (Å²) in [7, 11) is 0. The van der Waals surface area contributed by atoms with Crippen LogP contribution in [0.4, 0.5) is 0 Å². The maximum Gasteiger partial charge on any atom is 0.223 e. The van der Waals surface area contributed by atoms with Crippen LogP contribution >= 0.6 is 0 Å². The third kappa shape index (κ3) is 4.27. The first-order valence-corrected chi connectivity index (χ1v) is 8.14. The first-order chi connectivity index (χ1) is 10.3. The lowest BCUT2D eigenvalue weighted by atomic mass is 9.83. The molecule has 2 unspecified atom stereocenters. The topological polar surface area (TPSA) is 59.2 Å². The Morgan fingerprint density at radius 3 is 2.71 bits per heavy atom. The van der Waals surface area contributed by atoms with Gasteiger partial charge >= 0.3 is 0 Å². The van der Waals surface area contributed by atoms with Crippen molar-refractivity contribution >= 4 is 5.91 Å². The fraction of sp³-hybridized carbons (Fsp3) is 0.647. The van der Waals surface area contributed by atoms with Crippen LogP contribution in [0.2, 0.25) is 0 Å². The molecular weight excluding hydrogens is 262 g/mol. The van der Waals surface area contributed by atoms with E-state index in [9.17, 15) is 4.79 Å². The second kappa shape index (κ2) is 8.13. The Hall–Kier alpha value is -1.42. The van der Waals surface area contributed by atoms with Crippen molar-refractivity contribution in [1.82, 2.24) is 9.88 Å². The summed E-state index contributed by atoms with van der Waals surface area (Å²) >= 11 is 0. The zero-order valence-electron chi connectivity index (χ0n) is 13.0. The molecular formula is C17H27N3O. The van der Waals surface area contributed by atoms with Crippen molar-refractivity contribution in [1.29, 1.82) is 0 Å². The molecule has 4 heteroatoms. The fourth-order valence-electron chi connectivity index (χ4n) is 3.41. The van der Waals surface area contributed by atoms with E-state index in [1.165, 1.54) is 18.4 Å². The summed E-state index contributed by atoms with van der Waals surface area (Å²) in [6.07, 6.45) is 9.66. The van der Waals surface area contributed by atoms with Gasteiger partial charge in [0.1, 0.15) is 0 Å². The van der Waals surface area contributed by atoms with Crippen molar-refractivity contribution in [2.45, 2.75) is 51.5 Å². The van der Waals surface area contributed by atoms with Crippen molar-refractivity contribution < 1.29 is 4.79 Å². The summed E-state index contributed by atoms with van der Waals surface area (Å²) in [4.78, 5) is 18.7. The van der Waals surface area contributed by atoms with E-state index in [1.807, 2.05) is 12.1 Å². The largest absolute Gasteiger partial charge is 0.340 e. The van der Waals surface area contributed by atoms with Crippen molar-refractivity contribution in [3.8, 4) is 0 Å². The highest BCUT2D eigenvalue weighted by Crippen LogP contribution is 2.28. The Labute approximate surface area is 127 Å². The average molecular weight is 289 g/mol. The van der Waals surface area contributed by atoms with Crippen molar-refractivity contribution in [3.63, 3.8) is 0 Å². The number of pyridine rings is 1. The molecule has 4 nitrogen and oxygen atoms in total. The molecule has 2 rings (SSSR count). The zero-order valence-corrected chi connectivity index (χ0v) is 13.0. The summed E-state index contributed by atoms with van der Waals surface area (Å²) in [6.45, 7) is 3.56. The van der Waals surface area contributed by atoms with Gasteiger partial charge in [-0.2, -0.15) is 0 Å². The quantitative estimate of drug-likeness (QED) is 0.874. The molecule has 0 saturated heterocycles. The van der Waals surface area contributed by atoms with Gasteiger partial charge in [-0.3, -0.25) is 9.78 Å². The first kappa shape index (κ1) is 16.0. The molecule has 0 radical (unpaired) electrons. The molecule has 1 aliphatic rings. The molecule has 1 fully saturated rings. The van der Waals surface area contributed by atoms with Crippen LogP contribution in [0.5, 0.6) is 0 Å². The van der Waals surface area contributed by atoms with Gasteiger partial charge in [-0.05, 0) is 56.3 Å². The highest BCUT2D eigenvalue weighted by atomic mass is 16.2. The molecule has 0 aliphatic heterocycles. The number of rotatable bonds is 6. The summed E-state index contributed by atoms with van der Waals surface area (Å²) in [5.74, 6) is 0.739. The van der Waals surface area contributed by atoms with Gasteiger partial charge in [0.15, 0.2) is 0 Å². The summed E-state index contributed by atoms with van der Waals surface area (Å²) in [5.41, 5.74) is 7.08. The summed E-state index contributed by atoms with van der Waals surface area (Å²) in [6, 6.07) is 4.30. The van der Waals surface area contributed by atoms with Crippen molar-refractivity contribution in [2.75, 3.05) is 13.1 Å². The average Bonchev–Trinajstić information content (AvgIpc) is 2.55. The first-order valence-electron chi connectivity index (χ1n) is 8.14. The summed E-state index contributed by atoms with van der Waals surface area (Å²) < 4.78 is 0. The Morgan fingerprint density at radius 2 is 2.05 bits per heavy atom. The van der Waals surface area contributed by atoms with Gasteiger partial charge in [-0.15, -0.1) is 0 Å². The lowest BCUT2D eigenvalue weighted by Gasteiger charge is -2.39. The molecule has 0 spiro atoms. The minimum absolute atomic E-state index is 0.264. The Bertz CT molecular complexity index is 435. The normalized spacial score (nSPS) is 22.0. The maximum atomic E-state index is 12.6. The Balaban J connectivity index is 1.94. The Kier molecular flexibility index (Phi) is 6.18. The van der Waals surface area contributed by atoms with E-state index in [0.29, 0.717) is 24.9 Å². The number of nitrogens with two attached hydrogens (primary N) is 1. The third-order valence-electron chi connectivity index (χ3n) is 4.61. The summed E-state index contributed by atoms with van der Waals surface area (Å²) in [5, 5.41) is 0. The molecule has 21 heavy (non-hydrogen) atoms. The highest BCUT2D eigenvalue weighted by Gasteiger charge is 2.30. The van der Waals surface area contributed by atoms with E-state index >= 15 is 0 Å². The molecule has 1 saturated carbocycles. The van der Waals surface area contributed by atoms with E-state index in [-0.39, 0.29) is 5.91 Å². The van der Waals surface area contributed by atoms with Crippen molar-refractivity contribution in [2.24, 2.45) is 11.7 Å². The van der Waals surface area contributed by atoms with Crippen LogP contribution in [0.15, 0.2) is 24.5 Å². The van der Waals surface area contributed by atoms with Crippen LogP contribution in [-0.4, -0.2) is 34.9 Å². The van der Waals surface area contributed by atoms with Crippen LogP contribution in [0, 0.1) is 5.92 Å². The monoisotopic (exact) mass is 289 g/mol. The third-order valence-corrected chi connectivity index (χ3v) is 4.61. The number of aryl methyl sites for hydroxylation is 1. The number of carbonyl (C=O) groups excluding carboxylic acids is 1. The number of carbonyl (C=O) groups is 1. The van der Waals surface area contributed by atoms with Gasteiger partial charge in [0.2, 0.25) is 5.91 Å². The van der Waals surface area contributed by atoms with Crippen LogP contribution in [-0.2, 0) is 11.2 Å². The van der Waals surface area contributed by atoms with Crippen LogP contribution < -0.4 is 5.73 Å². The lowest BCUT2D eigenvalue weighted by molar-refractivity contribution is -0.135. The maximum absolute atomic E-state index is 12.6.